The van der Waals surface area contributed by atoms with Gasteiger partial charge in [0.1, 0.15) is 5.75 Å². The van der Waals surface area contributed by atoms with Gasteiger partial charge in [-0.3, -0.25) is 14.9 Å². The molecule has 0 aliphatic carbocycles. The van der Waals surface area contributed by atoms with E-state index in [1.165, 1.54) is 18.3 Å². The number of nitro groups is 1. The molecule has 9 heteroatoms. The van der Waals surface area contributed by atoms with Crippen molar-refractivity contribution in [2.45, 2.75) is 13.8 Å². The molecule has 0 saturated heterocycles. The lowest BCUT2D eigenvalue weighted by atomic mass is 10.1. The van der Waals surface area contributed by atoms with Gasteiger partial charge in [0, 0.05) is 11.6 Å². The summed E-state index contributed by atoms with van der Waals surface area (Å²) in [6.45, 7) is 3.59. The van der Waals surface area contributed by atoms with Crippen LogP contribution < -0.4 is 10.2 Å². The number of ether oxygens (including phenoxy) is 1. The Balaban J connectivity index is 1.94. The van der Waals surface area contributed by atoms with Gasteiger partial charge in [0.05, 0.1) is 15.6 Å². The van der Waals surface area contributed by atoms with Gasteiger partial charge in [0.2, 0.25) is 0 Å². The zero-order chi connectivity index (χ0) is 19.3. The van der Waals surface area contributed by atoms with Crippen molar-refractivity contribution in [3.63, 3.8) is 0 Å². The predicted molar refractivity (Wildman–Crippen MR) is 99.6 cm³/mol. The number of hydrazone groups is 1. The average molecular weight is 422 g/mol. The average Bonchev–Trinajstić information content (AvgIpc) is 2.55. The first-order chi connectivity index (χ1) is 12.3. The number of benzene rings is 2. The second kappa shape index (κ2) is 8.43. The molecule has 0 aliphatic rings. The number of nitro benzene ring substituents is 1. The van der Waals surface area contributed by atoms with Crippen LogP contribution in [0.1, 0.15) is 16.7 Å². The second-order valence-corrected chi connectivity index (χ2v) is 6.33. The topological polar surface area (TPSA) is 114 Å². The number of carbonyl (C=O) groups is 1. The molecule has 1 amide bonds. The lowest BCUT2D eigenvalue weighted by Crippen LogP contribution is -2.24. The van der Waals surface area contributed by atoms with Crippen LogP contribution in [-0.2, 0) is 4.79 Å². The molecule has 0 unspecified atom stereocenters. The van der Waals surface area contributed by atoms with Gasteiger partial charge in [-0.1, -0.05) is 6.07 Å². The number of nitrogens with one attached hydrogen (secondary N) is 1. The first-order valence-electron chi connectivity index (χ1n) is 7.47. The summed E-state index contributed by atoms with van der Waals surface area (Å²) in [7, 11) is 0. The summed E-state index contributed by atoms with van der Waals surface area (Å²) in [6, 6.07) is 7.58. The molecule has 0 aliphatic heterocycles. The molecule has 0 heterocycles. The van der Waals surface area contributed by atoms with Gasteiger partial charge in [0.15, 0.2) is 12.4 Å². The minimum absolute atomic E-state index is 0.241. The molecule has 2 N–H and O–H groups in total. The van der Waals surface area contributed by atoms with Crippen molar-refractivity contribution in [1.29, 1.82) is 0 Å². The highest BCUT2D eigenvalue weighted by molar-refractivity contribution is 9.10. The molecule has 26 heavy (non-hydrogen) atoms. The van der Waals surface area contributed by atoms with Crippen LogP contribution in [0.4, 0.5) is 5.69 Å². The van der Waals surface area contributed by atoms with Crippen molar-refractivity contribution < 1.29 is 19.6 Å². The molecule has 136 valence electrons. The Labute approximate surface area is 157 Å². The van der Waals surface area contributed by atoms with E-state index >= 15 is 0 Å². The number of carbonyl (C=O) groups excluding carboxylic acids is 1. The van der Waals surface area contributed by atoms with E-state index in [0.29, 0.717) is 11.3 Å². The Bertz CT molecular complexity index is 860. The van der Waals surface area contributed by atoms with Gasteiger partial charge in [-0.25, -0.2) is 5.43 Å². The number of aryl methyl sites for hydroxylation is 2. The molecule has 0 atom stereocenters. The Morgan fingerprint density at radius 1 is 1.38 bits per heavy atom. The fourth-order valence-electron chi connectivity index (χ4n) is 2.20. The number of halogens is 1. The molecule has 0 fully saturated rings. The normalized spacial score (nSPS) is 10.7. The van der Waals surface area contributed by atoms with Gasteiger partial charge in [-0.05, 0) is 59.1 Å². The van der Waals surface area contributed by atoms with E-state index in [1.54, 1.807) is 0 Å². The number of nitrogens with zero attached hydrogens (tertiary/aromatic N) is 2. The third-order valence-electron chi connectivity index (χ3n) is 3.32. The van der Waals surface area contributed by atoms with Crippen molar-refractivity contribution in [3.8, 4) is 11.5 Å². The smallest absolute Gasteiger partial charge is 0.311 e. The van der Waals surface area contributed by atoms with E-state index in [9.17, 15) is 20.0 Å². The van der Waals surface area contributed by atoms with Crippen molar-refractivity contribution in [1.82, 2.24) is 5.43 Å². The monoisotopic (exact) mass is 421 g/mol. The van der Waals surface area contributed by atoms with Crippen LogP contribution in [0.3, 0.4) is 0 Å². The van der Waals surface area contributed by atoms with Gasteiger partial charge < -0.3 is 9.84 Å². The molecule has 8 nitrogen and oxygen atoms in total. The lowest BCUT2D eigenvalue weighted by molar-refractivity contribution is -0.385. The van der Waals surface area contributed by atoms with Crippen LogP contribution in [0.25, 0.3) is 0 Å². The highest BCUT2D eigenvalue weighted by Crippen LogP contribution is 2.30. The van der Waals surface area contributed by atoms with Crippen molar-refractivity contribution in [2.24, 2.45) is 5.10 Å². The molecule has 0 spiro atoms. The number of hydrogen-bond acceptors (Lipinski definition) is 6. The summed E-state index contributed by atoms with van der Waals surface area (Å²) >= 11 is 3.39. The van der Waals surface area contributed by atoms with Crippen molar-refractivity contribution in [2.75, 3.05) is 6.61 Å². The van der Waals surface area contributed by atoms with Gasteiger partial charge in [-0.2, -0.15) is 5.10 Å². The van der Waals surface area contributed by atoms with Gasteiger partial charge in [-0.15, -0.1) is 0 Å². The summed E-state index contributed by atoms with van der Waals surface area (Å²) in [4.78, 5) is 21.9. The molecule has 0 aromatic heterocycles. The quantitative estimate of drug-likeness (QED) is 0.422. The zero-order valence-electron chi connectivity index (χ0n) is 14.0. The Morgan fingerprint density at radius 2 is 2.12 bits per heavy atom. The van der Waals surface area contributed by atoms with Crippen molar-refractivity contribution >= 4 is 33.7 Å². The number of phenols is 1. The van der Waals surface area contributed by atoms with Crippen LogP contribution in [-0.4, -0.2) is 28.8 Å². The molecule has 0 saturated carbocycles. The first-order valence-corrected chi connectivity index (χ1v) is 8.26. The highest BCUT2D eigenvalue weighted by Gasteiger charge is 2.13. The Kier molecular flexibility index (Phi) is 6.29. The van der Waals surface area contributed by atoms with E-state index in [1.807, 2.05) is 26.0 Å². The molecule has 2 rings (SSSR count). The summed E-state index contributed by atoms with van der Waals surface area (Å²) in [6.07, 6.45) is 1.23. The van der Waals surface area contributed by atoms with Crippen LogP contribution in [0.15, 0.2) is 39.9 Å². The maximum Gasteiger partial charge on any atom is 0.311 e. The van der Waals surface area contributed by atoms with Crippen LogP contribution >= 0.6 is 15.9 Å². The minimum atomic E-state index is -0.707. The van der Waals surface area contributed by atoms with E-state index in [4.69, 9.17) is 4.74 Å². The van der Waals surface area contributed by atoms with Crippen LogP contribution in [0.2, 0.25) is 0 Å². The van der Waals surface area contributed by atoms with E-state index < -0.39 is 22.3 Å². The molecule has 0 radical (unpaired) electrons. The number of phenolic OH excluding ortho intramolecular Hbond substituents is 1. The SMILES string of the molecule is Cc1cc(C)c(OCC(=O)N/N=C\c2ccc(O)c([N+](=O)[O-])c2)c(Br)c1. The zero-order valence-corrected chi connectivity index (χ0v) is 15.6. The molecular weight excluding hydrogens is 406 g/mol. The van der Waals surface area contributed by atoms with E-state index in [2.05, 4.69) is 26.5 Å². The fourth-order valence-corrected chi connectivity index (χ4v) is 2.99. The summed E-state index contributed by atoms with van der Waals surface area (Å²) < 4.78 is 6.25. The van der Waals surface area contributed by atoms with E-state index in [-0.39, 0.29) is 6.61 Å². The van der Waals surface area contributed by atoms with Crippen LogP contribution in [0.5, 0.6) is 11.5 Å². The third-order valence-corrected chi connectivity index (χ3v) is 3.91. The summed E-state index contributed by atoms with van der Waals surface area (Å²) in [5.41, 5.74) is 4.15. The van der Waals surface area contributed by atoms with Crippen molar-refractivity contribution in [3.05, 3.63) is 61.6 Å². The van der Waals surface area contributed by atoms with Gasteiger partial charge in [0.25, 0.3) is 5.91 Å². The minimum Gasteiger partial charge on any atom is -0.502 e. The standard InChI is InChI=1S/C17H16BrN3O5/c1-10-5-11(2)17(13(18)6-10)26-9-16(23)20-19-8-12-3-4-15(22)14(7-12)21(24)25/h3-8,22H,9H2,1-2H3,(H,20,23)/b19-8-. The molecular formula is C17H16BrN3O5. The lowest BCUT2D eigenvalue weighted by Gasteiger charge is -2.11. The Morgan fingerprint density at radius 3 is 2.77 bits per heavy atom. The number of aromatic hydroxyl groups is 1. The highest BCUT2D eigenvalue weighted by atomic mass is 79.9. The summed E-state index contributed by atoms with van der Waals surface area (Å²) in [5, 5.41) is 23.9. The molecule has 2 aromatic carbocycles. The largest absolute Gasteiger partial charge is 0.502 e. The molecule has 0 bridgehead atoms. The predicted octanol–water partition coefficient (Wildman–Crippen LogP) is 3.21. The number of amides is 1. The fraction of sp³-hybridized carbons (Fsp3) is 0.176. The second-order valence-electron chi connectivity index (χ2n) is 5.48. The number of rotatable bonds is 6. The number of hydrogen-bond donors (Lipinski definition) is 2. The summed E-state index contributed by atoms with van der Waals surface area (Å²) in [5.74, 6) is -0.353. The van der Waals surface area contributed by atoms with E-state index in [0.717, 1.165) is 21.7 Å². The first kappa shape index (κ1) is 19.4. The molecule has 2 aromatic rings. The maximum absolute atomic E-state index is 11.8. The maximum atomic E-state index is 11.8. The van der Waals surface area contributed by atoms with Gasteiger partial charge >= 0.3 is 5.69 Å². The Hall–Kier alpha value is -2.94. The van der Waals surface area contributed by atoms with Crippen LogP contribution in [0, 0.1) is 24.0 Å². The third kappa shape index (κ3) is 5.03.